The maximum absolute atomic E-state index is 13.2. The first kappa shape index (κ1) is 14.4. The first-order chi connectivity index (χ1) is 9.90. The number of aromatic nitrogens is 2. The Morgan fingerprint density at radius 2 is 2.14 bits per heavy atom. The summed E-state index contributed by atoms with van der Waals surface area (Å²) >= 11 is 0. The van der Waals surface area contributed by atoms with Crippen LogP contribution in [0.5, 0.6) is 0 Å². The number of rotatable bonds is 2. The third kappa shape index (κ3) is 2.54. The van der Waals surface area contributed by atoms with Crippen LogP contribution in [0.1, 0.15) is 33.3 Å². The van der Waals surface area contributed by atoms with Crippen molar-refractivity contribution in [2.24, 2.45) is 0 Å². The molecule has 6 heteroatoms. The standard InChI is InChI=1S/C15H18BFN2O2/c1-5-10-6-12(16-20-9(2)15(3,4)21-16)7-11-8-18-14(17)19-13(10)11/h6-9H,5H2,1-4H3. The van der Waals surface area contributed by atoms with E-state index in [1.54, 1.807) is 0 Å². The summed E-state index contributed by atoms with van der Waals surface area (Å²) in [5.41, 5.74) is 2.21. The second-order valence-corrected chi connectivity index (χ2v) is 5.94. The van der Waals surface area contributed by atoms with E-state index in [9.17, 15) is 4.39 Å². The molecule has 0 bridgehead atoms. The molecular formula is C15H18BFN2O2. The Kier molecular flexibility index (Phi) is 3.46. The van der Waals surface area contributed by atoms with E-state index in [4.69, 9.17) is 9.31 Å². The molecule has 0 amide bonds. The van der Waals surface area contributed by atoms with E-state index in [-0.39, 0.29) is 11.7 Å². The Labute approximate surface area is 123 Å². The van der Waals surface area contributed by atoms with Crippen LogP contribution in [0.15, 0.2) is 18.3 Å². The molecule has 0 aliphatic carbocycles. The van der Waals surface area contributed by atoms with Crippen LogP contribution in [0.2, 0.25) is 0 Å². The second kappa shape index (κ2) is 5.03. The van der Waals surface area contributed by atoms with Gasteiger partial charge < -0.3 is 9.31 Å². The monoisotopic (exact) mass is 288 g/mol. The maximum atomic E-state index is 13.2. The predicted molar refractivity (Wildman–Crippen MR) is 80.0 cm³/mol. The summed E-state index contributed by atoms with van der Waals surface area (Å²) in [5, 5.41) is 0.801. The lowest BCUT2D eigenvalue weighted by Gasteiger charge is -2.21. The molecule has 1 saturated heterocycles. The molecule has 1 aliphatic rings. The fraction of sp³-hybridized carbons (Fsp3) is 0.467. The van der Waals surface area contributed by atoms with Gasteiger partial charge in [-0.15, -0.1) is 0 Å². The maximum Gasteiger partial charge on any atom is 0.494 e. The van der Waals surface area contributed by atoms with Crippen molar-refractivity contribution in [3.63, 3.8) is 0 Å². The van der Waals surface area contributed by atoms with Crippen molar-refractivity contribution in [1.82, 2.24) is 9.97 Å². The Balaban J connectivity index is 2.07. The van der Waals surface area contributed by atoms with E-state index in [0.29, 0.717) is 5.52 Å². The normalized spacial score (nSPS) is 21.2. The van der Waals surface area contributed by atoms with E-state index in [2.05, 4.69) is 9.97 Å². The number of benzene rings is 1. The molecule has 1 aromatic carbocycles. The molecule has 1 atom stereocenters. The van der Waals surface area contributed by atoms with E-state index in [1.807, 2.05) is 39.8 Å². The lowest BCUT2D eigenvalue weighted by atomic mass is 9.77. The minimum absolute atomic E-state index is 0.00717. The fourth-order valence-corrected chi connectivity index (χ4v) is 2.52. The lowest BCUT2D eigenvalue weighted by Crippen LogP contribution is -2.35. The molecule has 0 spiro atoms. The molecule has 1 aliphatic heterocycles. The van der Waals surface area contributed by atoms with Crippen LogP contribution in [-0.4, -0.2) is 28.8 Å². The van der Waals surface area contributed by atoms with E-state index in [0.717, 1.165) is 22.8 Å². The van der Waals surface area contributed by atoms with E-state index >= 15 is 0 Å². The van der Waals surface area contributed by atoms with Crippen LogP contribution < -0.4 is 5.46 Å². The average Bonchev–Trinajstić information content (AvgIpc) is 2.71. The predicted octanol–water partition coefficient (Wildman–Crippen LogP) is 2.24. The van der Waals surface area contributed by atoms with Gasteiger partial charge in [-0.2, -0.15) is 4.39 Å². The molecule has 0 radical (unpaired) electrons. The molecule has 1 fully saturated rings. The van der Waals surface area contributed by atoms with Gasteiger partial charge >= 0.3 is 13.2 Å². The summed E-state index contributed by atoms with van der Waals surface area (Å²) in [6.07, 6.45) is 1.57. The molecule has 21 heavy (non-hydrogen) atoms. The van der Waals surface area contributed by atoms with E-state index in [1.165, 1.54) is 6.20 Å². The quantitative estimate of drug-likeness (QED) is 0.628. The van der Waals surface area contributed by atoms with E-state index < -0.39 is 13.2 Å². The van der Waals surface area contributed by atoms with Crippen LogP contribution in [0.25, 0.3) is 10.9 Å². The molecule has 2 aromatic rings. The van der Waals surface area contributed by atoms with Crippen molar-refractivity contribution in [3.8, 4) is 0 Å². The Morgan fingerprint density at radius 1 is 1.38 bits per heavy atom. The number of hydrogen-bond donors (Lipinski definition) is 0. The van der Waals surface area contributed by atoms with Gasteiger partial charge in [0.15, 0.2) is 0 Å². The molecule has 110 valence electrons. The topological polar surface area (TPSA) is 44.2 Å². The molecule has 0 saturated carbocycles. The van der Waals surface area contributed by atoms with Crippen molar-refractivity contribution < 1.29 is 13.7 Å². The van der Waals surface area contributed by atoms with Gasteiger partial charge in [-0.1, -0.05) is 19.1 Å². The molecule has 0 N–H and O–H groups in total. The zero-order valence-corrected chi connectivity index (χ0v) is 12.7. The number of fused-ring (bicyclic) bond motifs is 1. The van der Waals surface area contributed by atoms with Gasteiger partial charge in [0.25, 0.3) is 0 Å². The SMILES string of the molecule is CCc1cc(B2OC(C)C(C)(C)O2)cc2cnc(F)nc12. The Bertz CT molecular complexity index is 693. The van der Waals surface area contributed by atoms with Gasteiger partial charge in [0.1, 0.15) is 0 Å². The van der Waals surface area contributed by atoms with Gasteiger partial charge in [0.05, 0.1) is 17.2 Å². The number of halogens is 1. The molecule has 2 heterocycles. The minimum atomic E-state index is -0.701. The summed E-state index contributed by atoms with van der Waals surface area (Å²) < 4.78 is 25.1. The summed E-state index contributed by atoms with van der Waals surface area (Å²) in [5.74, 6) is 0. The number of nitrogens with zero attached hydrogens (tertiary/aromatic N) is 2. The highest BCUT2D eigenvalue weighted by atomic mass is 19.1. The van der Waals surface area contributed by atoms with Gasteiger partial charge in [-0.25, -0.2) is 9.97 Å². The third-order valence-electron chi connectivity index (χ3n) is 4.13. The number of hydrogen-bond acceptors (Lipinski definition) is 4. The van der Waals surface area contributed by atoms with Crippen LogP contribution >= 0.6 is 0 Å². The first-order valence-corrected chi connectivity index (χ1v) is 7.19. The summed E-state index contributed by atoms with van der Waals surface area (Å²) in [6.45, 7) is 8.04. The molecule has 3 rings (SSSR count). The smallest absolute Gasteiger partial charge is 0.402 e. The molecule has 4 nitrogen and oxygen atoms in total. The van der Waals surface area contributed by atoms with Crippen molar-refractivity contribution in [1.29, 1.82) is 0 Å². The Morgan fingerprint density at radius 3 is 2.76 bits per heavy atom. The molecular weight excluding hydrogens is 270 g/mol. The Hall–Kier alpha value is -1.53. The van der Waals surface area contributed by atoms with Gasteiger partial charge in [-0.3, -0.25) is 0 Å². The van der Waals surface area contributed by atoms with Gasteiger partial charge in [-0.05, 0) is 38.2 Å². The molecule has 1 unspecified atom stereocenters. The summed E-state index contributed by atoms with van der Waals surface area (Å²) in [4.78, 5) is 7.53. The van der Waals surface area contributed by atoms with Crippen molar-refractivity contribution >= 4 is 23.5 Å². The zero-order chi connectivity index (χ0) is 15.2. The minimum Gasteiger partial charge on any atom is -0.402 e. The highest BCUT2D eigenvalue weighted by molar-refractivity contribution is 6.62. The second-order valence-electron chi connectivity index (χ2n) is 5.94. The van der Waals surface area contributed by atoms with Crippen molar-refractivity contribution in [2.75, 3.05) is 0 Å². The van der Waals surface area contributed by atoms with Gasteiger partial charge in [0, 0.05) is 11.6 Å². The van der Waals surface area contributed by atoms with Crippen LogP contribution in [0, 0.1) is 6.08 Å². The lowest BCUT2D eigenvalue weighted by molar-refractivity contribution is 0.0842. The van der Waals surface area contributed by atoms with Crippen LogP contribution in [-0.2, 0) is 15.7 Å². The van der Waals surface area contributed by atoms with Crippen LogP contribution in [0.4, 0.5) is 4.39 Å². The zero-order valence-electron chi connectivity index (χ0n) is 12.7. The van der Waals surface area contributed by atoms with Gasteiger partial charge in [0.2, 0.25) is 0 Å². The number of aryl methyl sites for hydroxylation is 1. The summed E-state index contributed by atoms with van der Waals surface area (Å²) in [7, 11) is -0.408. The van der Waals surface area contributed by atoms with Crippen LogP contribution in [0.3, 0.4) is 0 Å². The highest BCUT2D eigenvalue weighted by Crippen LogP contribution is 2.27. The highest BCUT2D eigenvalue weighted by Gasteiger charge is 2.44. The summed E-state index contributed by atoms with van der Waals surface area (Å²) in [6, 6.07) is 3.89. The van der Waals surface area contributed by atoms with Crippen molar-refractivity contribution in [3.05, 3.63) is 30.0 Å². The first-order valence-electron chi connectivity index (χ1n) is 7.19. The largest absolute Gasteiger partial charge is 0.494 e. The average molecular weight is 288 g/mol. The van der Waals surface area contributed by atoms with Crippen molar-refractivity contribution in [2.45, 2.75) is 45.8 Å². The third-order valence-corrected chi connectivity index (χ3v) is 4.13. The molecule has 1 aromatic heterocycles. The fourth-order valence-electron chi connectivity index (χ4n) is 2.52.